The number of aromatic nitrogens is 4. The molecule has 4 nitrogen and oxygen atoms in total. The van der Waals surface area contributed by atoms with Crippen LogP contribution in [-0.2, 0) is 0 Å². The fraction of sp³-hybridized carbons (Fsp3) is 0. The first-order valence-electron chi connectivity index (χ1n) is 12.8. The minimum absolute atomic E-state index is 0.736. The largest absolute Gasteiger partial charge is 0.316 e. The monoisotopic (exact) mass is 486 g/mol. The zero-order chi connectivity index (χ0) is 25.1. The van der Waals surface area contributed by atoms with Crippen molar-refractivity contribution in [2.24, 2.45) is 0 Å². The van der Waals surface area contributed by atoms with E-state index in [1.165, 1.54) is 32.7 Å². The maximum absolute atomic E-state index is 4.79. The SMILES string of the molecule is c1ccc(-n2ccc3c2ccc2c4ccccc4n(-c4ccc(-c5ncc6ccccc6n5)cc4)c23)cc1. The summed E-state index contributed by atoms with van der Waals surface area (Å²) < 4.78 is 4.64. The number of rotatable bonds is 3. The second-order valence-electron chi connectivity index (χ2n) is 9.57. The molecule has 4 heteroatoms. The molecular formula is C34H22N4. The van der Waals surface area contributed by atoms with Crippen molar-refractivity contribution in [1.29, 1.82) is 0 Å². The maximum Gasteiger partial charge on any atom is 0.159 e. The van der Waals surface area contributed by atoms with Gasteiger partial charge in [0.1, 0.15) is 0 Å². The Morgan fingerprint density at radius 2 is 1.32 bits per heavy atom. The molecule has 8 aromatic rings. The van der Waals surface area contributed by atoms with E-state index < -0.39 is 0 Å². The Balaban J connectivity index is 1.34. The lowest BCUT2D eigenvalue weighted by Crippen LogP contribution is -1.96. The third kappa shape index (κ3) is 3.10. The predicted molar refractivity (Wildman–Crippen MR) is 156 cm³/mol. The molecule has 8 rings (SSSR count). The molecule has 5 aromatic carbocycles. The van der Waals surface area contributed by atoms with Gasteiger partial charge in [0, 0.05) is 50.9 Å². The van der Waals surface area contributed by atoms with Gasteiger partial charge in [-0.1, -0.05) is 60.7 Å². The first-order valence-corrected chi connectivity index (χ1v) is 12.8. The summed E-state index contributed by atoms with van der Waals surface area (Å²) in [7, 11) is 0. The molecule has 0 fully saturated rings. The molecule has 38 heavy (non-hydrogen) atoms. The Hall–Kier alpha value is -5.22. The summed E-state index contributed by atoms with van der Waals surface area (Å²) >= 11 is 0. The van der Waals surface area contributed by atoms with Gasteiger partial charge in [-0.2, -0.15) is 0 Å². The van der Waals surface area contributed by atoms with Crippen LogP contribution in [0.15, 0.2) is 134 Å². The highest BCUT2D eigenvalue weighted by molar-refractivity contribution is 6.18. The van der Waals surface area contributed by atoms with Gasteiger partial charge in [0.25, 0.3) is 0 Å². The molecular weight excluding hydrogens is 464 g/mol. The highest BCUT2D eigenvalue weighted by Gasteiger charge is 2.17. The van der Waals surface area contributed by atoms with Crippen LogP contribution in [0.4, 0.5) is 0 Å². The van der Waals surface area contributed by atoms with Crippen LogP contribution in [0.3, 0.4) is 0 Å². The number of benzene rings is 5. The first-order chi connectivity index (χ1) is 18.8. The van der Waals surface area contributed by atoms with Crippen molar-refractivity contribution in [2.45, 2.75) is 0 Å². The lowest BCUT2D eigenvalue weighted by molar-refractivity contribution is 1.13. The summed E-state index contributed by atoms with van der Waals surface area (Å²) in [5, 5.41) is 4.77. The number of para-hydroxylation sites is 3. The van der Waals surface area contributed by atoms with Crippen LogP contribution in [0.25, 0.3) is 66.4 Å². The molecule has 0 aliphatic heterocycles. The Kier molecular flexibility index (Phi) is 4.49. The van der Waals surface area contributed by atoms with Gasteiger partial charge in [-0.25, -0.2) is 9.97 Å². The van der Waals surface area contributed by atoms with Crippen molar-refractivity contribution in [1.82, 2.24) is 19.1 Å². The van der Waals surface area contributed by atoms with E-state index >= 15 is 0 Å². The summed E-state index contributed by atoms with van der Waals surface area (Å²) in [6.07, 6.45) is 4.06. The molecule has 0 N–H and O–H groups in total. The topological polar surface area (TPSA) is 35.6 Å². The van der Waals surface area contributed by atoms with E-state index in [9.17, 15) is 0 Å². The fourth-order valence-electron chi connectivity index (χ4n) is 5.63. The minimum Gasteiger partial charge on any atom is -0.316 e. The third-order valence-electron chi connectivity index (χ3n) is 7.41. The van der Waals surface area contributed by atoms with E-state index in [-0.39, 0.29) is 0 Å². The Bertz CT molecular complexity index is 2120. The van der Waals surface area contributed by atoms with Crippen LogP contribution in [0, 0.1) is 0 Å². The molecule has 3 heterocycles. The number of hydrogen-bond donors (Lipinski definition) is 0. The molecule has 0 unspecified atom stereocenters. The summed E-state index contributed by atoms with van der Waals surface area (Å²) in [4.78, 5) is 9.41. The Labute approximate surface area is 219 Å². The van der Waals surface area contributed by atoms with Gasteiger partial charge >= 0.3 is 0 Å². The van der Waals surface area contributed by atoms with Gasteiger partial charge < -0.3 is 9.13 Å². The van der Waals surface area contributed by atoms with Crippen molar-refractivity contribution in [3.8, 4) is 22.8 Å². The Morgan fingerprint density at radius 1 is 0.526 bits per heavy atom. The molecule has 3 aromatic heterocycles. The molecule has 0 spiro atoms. The quantitative estimate of drug-likeness (QED) is 0.252. The second-order valence-corrected chi connectivity index (χ2v) is 9.57. The Morgan fingerprint density at radius 3 is 2.21 bits per heavy atom. The summed E-state index contributed by atoms with van der Waals surface area (Å²) in [6, 6.07) is 42.6. The lowest BCUT2D eigenvalue weighted by Gasteiger charge is -2.11. The number of nitrogens with zero attached hydrogens (tertiary/aromatic N) is 4. The van der Waals surface area contributed by atoms with Crippen molar-refractivity contribution >= 4 is 43.6 Å². The summed E-state index contributed by atoms with van der Waals surface area (Å²) in [5.74, 6) is 0.736. The standard InChI is InChI=1S/C34H22N4/c1-2-9-25(10-3-1)37-21-20-29-31(37)19-18-28-27-11-5-7-13-32(27)38(33(28)29)26-16-14-23(15-17-26)34-35-22-24-8-4-6-12-30(24)36-34/h1-22H. The van der Waals surface area contributed by atoms with E-state index in [4.69, 9.17) is 4.98 Å². The van der Waals surface area contributed by atoms with Gasteiger partial charge in [0.2, 0.25) is 0 Å². The van der Waals surface area contributed by atoms with Gasteiger partial charge in [0.15, 0.2) is 5.82 Å². The van der Waals surface area contributed by atoms with Gasteiger partial charge in [-0.3, -0.25) is 0 Å². The predicted octanol–water partition coefficient (Wildman–Crippen LogP) is 8.34. The average Bonchev–Trinajstić information content (AvgIpc) is 3.57. The number of hydrogen-bond acceptors (Lipinski definition) is 2. The molecule has 0 saturated heterocycles. The van der Waals surface area contributed by atoms with E-state index in [1.807, 2.05) is 30.5 Å². The molecule has 0 aliphatic carbocycles. The van der Waals surface area contributed by atoms with E-state index in [2.05, 4.69) is 117 Å². The highest BCUT2D eigenvalue weighted by Crippen LogP contribution is 2.37. The molecule has 0 aliphatic rings. The molecule has 0 amide bonds. The molecule has 178 valence electrons. The van der Waals surface area contributed by atoms with Crippen LogP contribution in [0.5, 0.6) is 0 Å². The first kappa shape index (κ1) is 20.9. The smallest absolute Gasteiger partial charge is 0.159 e. The molecule has 0 saturated carbocycles. The number of fused-ring (bicyclic) bond motifs is 6. The maximum atomic E-state index is 4.79. The van der Waals surface area contributed by atoms with Crippen molar-refractivity contribution in [3.63, 3.8) is 0 Å². The van der Waals surface area contributed by atoms with Crippen LogP contribution in [0.1, 0.15) is 0 Å². The van der Waals surface area contributed by atoms with Gasteiger partial charge in [-0.15, -0.1) is 0 Å². The van der Waals surface area contributed by atoms with Crippen molar-refractivity contribution < 1.29 is 0 Å². The molecule has 0 atom stereocenters. The van der Waals surface area contributed by atoms with Crippen LogP contribution >= 0.6 is 0 Å². The average molecular weight is 487 g/mol. The van der Waals surface area contributed by atoms with E-state index in [0.717, 1.165) is 33.7 Å². The van der Waals surface area contributed by atoms with Crippen molar-refractivity contribution in [2.75, 3.05) is 0 Å². The van der Waals surface area contributed by atoms with Crippen LogP contribution in [0.2, 0.25) is 0 Å². The van der Waals surface area contributed by atoms with E-state index in [1.54, 1.807) is 0 Å². The van der Waals surface area contributed by atoms with Crippen LogP contribution < -0.4 is 0 Å². The van der Waals surface area contributed by atoms with E-state index in [0.29, 0.717) is 0 Å². The van der Waals surface area contributed by atoms with Crippen LogP contribution in [-0.4, -0.2) is 19.1 Å². The second kappa shape index (κ2) is 8.15. The third-order valence-corrected chi connectivity index (χ3v) is 7.41. The molecule has 0 bridgehead atoms. The van der Waals surface area contributed by atoms with Gasteiger partial charge in [0.05, 0.1) is 22.1 Å². The fourth-order valence-corrected chi connectivity index (χ4v) is 5.63. The summed E-state index contributed by atoms with van der Waals surface area (Å²) in [6.45, 7) is 0. The van der Waals surface area contributed by atoms with Crippen molar-refractivity contribution in [3.05, 3.63) is 134 Å². The zero-order valence-corrected chi connectivity index (χ0v) is 20.5. The lowest BCUT2D eigenvalue weighted by atomic mass is 10.1. The zero-order valence-electron chi connectivity index (χ0n) is 20.5. The summed E-state index contributed by atoms with van der Waals surface area (Å²) in [5.41, 5.74) is 7.82. The highest BCUT2D eigenvalue weighted by atomic mass is 15.0. The normalized spacial score (nSPS) is 11.7. The molecule has 0 radical (unpaired) electrons. The van der Waals surface area contributed by atoms with Gasteiger partial charge in [-0.05, 0) is 60.7 Å². The minimum atomic E-state index is 0.736.